The highest BCUT2D eigenvalue weighted by Crippen LogP contribution is 2.17. The number of aryl methyl sites for hydroxylation is 1. The summed E-state index contributed by atoms with van der Waals surface area (Å²) in [4.78, 5) is 13.2. The molecule has 1 aliphatic heterocycles. The molecule has 1 aliphatic rings. The third-order valence-corrected chi connectivity index (χ3v) is 4.22. The van der Waals surface area contributed by atoms with Gasteiger partial charge in [0.15, 0.2) is 0 Å². The lowest BCUT2D eigenvalue weighted by molar-refractivity contribution is 0.124. The molecule has 1 fully saturated rings. The number of furan rings is 1. The van der Waals surface area contributed by atoms with E-state index in [9.17, 15) is 5.11 Å². The molecule has 8 nitrogen and oxygen atoms in total. The summed E-state index contributed by atoms with van der Waals surface area (Å²) in [5.41, 5.74) is 0.886. The number of β-amino-alcohol motifs (C(OH)–C–C–N with tert-alkyl or cyclic N) is 1. The lowest BCUT2D eigenvalue weighted by Gasteiger charge is -2.22. The van der Waals surface area contributed by atoms with Crippen LogP contribution < -0.4 is 10.2 Å². The van der Waals surface area contributed by atoms with Crippen molar-refractivity contribution in [2.24, 2.45) is 0 Å². The molecule has 0 spiro atoms. The highest BCUT2D eigenvalue weighted by Gasteiger charge is 2.24. The summed E-state index contributed by atoms with van der Waals surface area (Å²) in [5.74, 6) is 2.74. The molecule has 0 saturated carbocycles. The second kappa shape index (κ2) is 7.81. The van der Waals surface area contributed by atoms with Crippen molar-refractivity contribution in [3.8, 4) is 0 Å². The molecule has 0 amide bonds. The van der Waals surface area contributed by atoms with E-state index in [-0.39, 0.29) is 6.61 Å². The van der Waals surface area contributed by atoms with Crippen molar-refractivity contribution in [3.05, 3.63) is 35.4 Å². The predicted octanol–water partition coefficient (Wildman–Crippen LogP) is 0.595. The van der Waals surface area contributed by atoms with Crippen molar-refractivity contribution < 1.29 is 14.6 Å². The van der Waals surface area contributed by atoms with Crippen molar-refractivity contribution in [2.75, 3.05) is 43.4 Å². The summed E-state index contributed by atoms with van der Waals surface area (Å²) in [6, 6.07) is 5.53. The van der Waals surface area contributed by atoms with E-state index in [0.29, 0.717) is 31.3 Å². The number of nitrogens with zero attached hydrogens (tertiary/aromatic N) is 4. The van der Waals surface area contributed by atoms with Crippen LogP contribution in [0.2, 0.25) is 0 Å². The van der Waals surface area contributed by atoms with E-state index in [2.05, 4.69) is 20.2 Å². The molecule has 0 aromatic carbocycles. The van der Waals surface area contributed by atoms with Gasteiger partial charge in [0.25, 0.3) is 0 Å². The number of aliphatic hydroxyl groups excluding tert-OH is 2. The third kappa shape index (κ3) is 4.47. The smallest absolute Gasteiger partial charge is 0.227 e. The van der Waals surface area contributed by atoms with Gasteiger partial charge < -0.3 is 24.8 Å². The molecule has 8 heteroatoms. The van der Waals surface area contributed by atoms with Gasteiger partial charge in [0.1, 0.15) is 23.9 Å². The molecule has 0 aliphatic carbocycles. The zero-order valence-electron chi connectivity index (χ0n) is 14.6. The quantitative estimate of drug-likeness (QED) is 0.723. The largest absolute Gasteiger partial charge is 0.462 e. The number of rotatable bonds is 5. The Labute approximate surface area is 147 Å². The first-order chi connectivity index (χ1) is 12.1. The molecule has 1 unspecified atom stereocenters. The standard InChI is InChI=1S/C17H25N5O3/c1-12-7-16(18-2)20-17(19-12)22-6-5-21(8-13(24)9-22)10-14-3-4-15(11-23)25-14/h3-4,7,13,23-24H,5-6,8-11H2,1-2H3,(H,18,19,20). The molecule has 136 valence electrons. The molecule has 1 saturated heterocycles. The Bertz CT molecular complexity index is 705. The summed E-state index contributed by atoms with van der Waals surface area (Å²) in [6.07, 6.45) is -0.503. The van der Waals surface area contributed by atoms with Crippen molar-refractivity contribution in [2.45, 2.75) is 26.2 Å². The van der Waals surface area contributed by atoms with Gasteiger partial charge in [0.05, 0.1) is 12.6 Å². The molecule has 0 bridgehead atoms. The van der Waals surface area contributed by atoms with Gasteiger partial charge in [-0.15, -0.1) is 0 Å². The van der Waals surface area contributed by atoms with Crippen LogP contribution in [0, 0.1) is 6.92 Å². The summed E-state index contributed by atoms with van der Waals surface area (Å²) in [6.45, 7) is 4.95. The Hall–Kier alpha value is -2.16. The van der Waals surface area contributed by atoms with Crippen molar-refractivity contribution in [3.63, 3.8) is 0 Å². The fourth-order valence-corrected chi connectivity index (χ4v) is 3.02. The maximum absolute atomic E-state index is 10.4. The molecule has 3 N–H and O–H groups in total. The van der Waals surface area contributed by atoms with E-state index >= 15 is 0 Å². The topological polar surface area (TPSA) is 97.9 Å². The van der Waals surface area contributed by atoms with Gasteiger partial charge in [0, 0.05) is 45.0 Å². The average molecular weight is 347 g/mol. The van der Waals surface area contributed by atoms with E-state index in [1.807, 2.05) is 31.0 Å². The lowest BCUT2D eigenvalue weighted by Crippen LogP contribution is -2.34. The second-order valence-electron chi connectivity index (χ2n) is 6.31. The highest BCUT2D eigenvalue weighted by atomic mass is 16.4. The van der Waals surface area contributed by atoms with Gasteiger partial charge in [-0.25, -0.2) is 4.98 Å². The first kappa shape index (κ1) is 17.7. The highest BCUT2D eigenvalue weighted by molar-refractivity contribution is 5.43. The summed E-state index contributed by atoms with van der Waals surface area (Å²) in [7, 11) is 1.83. The van der Waals surface area contributed by atoms with Crippen LogP contribution in [0.25, 0.3) is 0 Å². The van der Waals surface area contributed by atoms with Crippen LogP contribution in [-0.2, 0) is 13.2 Å². The minimum absolute atomic E-state index is 0.102. The summed E-state index contributed by atoms with van der Waals surface area (Å²) < 4.78 is 5.55. The normalized spacial score (nSPS) is 19.0. The lowest BCUT2D eigenvalue weighted by atomic mass is 10.3. The van der Waals surface area contributed by atoms with Crippen LogP contribution in [0.4, 0.5) is 11.8 Å². The number of anilines is 2. The Balaban J connectivity index is 1.69. The van der Waals surface area contributed by atoms with E-state index < -0.39 is 6.10 Å². The van der Waals surface area contributed by atoms with Gasteiger partial charge in [-0.3, -0.25) is 4.90 Å². The molecule has 1 atom stereocenters. The summed E-state index contributed by atoms with van der Waals surface area (Å²) in [5, 5.41) is 22.5. The van der Waals surface area contributed by atoms with Crippen molar-refractivity contribution >= 4 is 11.8 Å². The monoisotopic (exact) mass is 347 g/mol. The molecule has 25 heavy (non-hydrogen) atoms. The Morgan fingerprint density at radius 2 is 2.04 bits per heavy atom. The van der Waals surface area contributed by atoms with Gasteiger partial charge >= 0.3 is 0 Å². The number of aliphatic hydroxyl groups is 2. The predicted molar refractivity (Wildman–Crippen MR) is 94.4 cm³/mol. The van der Waals surface area contributed by atoms with Crippen LogP contribution in [0.5, 0.6) is 0 Å². The van der Waals surface area contributed by atoms with Crippen LogP contribution in [0.3, 0.4) is 0 Å². The van der Waals surface area contributed by atoms with E-state index in [1.54, 1.807) is 6.07 Å². The van der Waals surface area contributed by atoms with Crippen LogP contribution in [0.1, 0.15) is 17.2 Å². The van der Waals surface area contributed by atoms with Gasteiger partial charge in [-0.05, 0) is 19.1 Å². The van der Waals surface area contributed by atoms with Crippen molar-refractivity contribution in [1.29, 1.82) is 0 Å². The fourth-order valence-electron chi connectivity index (χ4n) is 3.02. The number of aromatic nitrogens is 2. The van der Waals surface area contributed by atoms with E-state index in [0.717, 1.165) is 30.4 Å². The minimum atomic E-state index is -0.503. The van der Waals surface area contributed by atoms with E-state index in [4.69, 9.17) is 9.52 Å². The van der Waals surface area contributed by atoms with E-state index in [1.165, 1.54) is 0 Å². The van der Waals surface area contributed by atoms with Gasteiger partial charge in [-0.2, -0.15) is 4.98 Å². The molecule has 2 aromatic rings. The molecular formula is C17H25N5O3. The molecular weight excluding hydrogens is 322 g/mol. The number of hydrogen-bond donors (Lipinski definition) is 3. The first-order valence-electron chi connectivity index (χ1n) is 8.44. The zero-order chi connectivity index (χ0) is 17.8. The average Bonchev–Trinajstić information content (AvgIpc) is 2.96. The molecule has 3 heterocycles. The number of nitrogens with one attached hydrogen (secondary N) is 1. The van der Waals surface area contributed by atoms with Gasteiger partial charge in [-0.1, -0.05) is 0 Å². The maximum atomic E-state index is 10.4. The third-order valence-electron chi connectivity index (χ3n) is 4.22. The SMILES string of the molecule is CNc1cc(C)nc(N2CCN(Cc3ccc(CO)o3)CC(O)C2)n1. The Morgan fingerprint density at radius 3 is 2.76 bits per heavy atom. The number of hydrogen-bond acceptors (Lipinski definition) is 8. The Kier molecular flexibility index (Phi) is 5.52. The molecule has 3 rings (SSSR count). The first-order valence-corrected chi connectivity index (χ1v) is 8.44. The molecule has 0 radical (unpaired) electrons. The molecule has 2 aromatic heterocycles. The maximum Gasteiger partial charge on any atom is 0.227 e. The Morgan fingerprint density at radius 1 is 1.24 bits per heavy atom. The van der Waals surface area contributed by atoms with Gasteiger partial charge in [0.2, 0.25) is 5.95 Å². The second-order valence-corrected chi connectivity index (χ2v) is 6.31. The van der Waals surface area contributed by atoms with Crippen LogP contribution in [0.15, 0.2) is 22.6 Å². The summed E-state index contributed by atoms with van der Waals surface area (Å²) >= 11 is 0. The van der Waals surface area contributed by atoms with Crippen molar-refractivity contribution in [1.82, 2.24) is 14.9 Å². The minimum Gasteiger partial charge on any atom is -0.462 e. The van der Waals surface area contributed by atoms with Crippen LogP contribution in [-0.4, -0.2) is 64.4 Å². The zero-order valence-corrected chi connectivity index (χ0v) is 14.6. The van der Waals surface area contributed by atoms with Crippen LogP contribution >= 0.6 is 0 Å². The fraction of sp³-hybridized carbons (Fsp3) is 0.529.